The van der Waals surface area contributed by atoms with Crippen molar-refractivity contribution < 1.29 is 9.59 Å². The molecule has 0 saturated carbocycles. The summed E-state index contributed by atoms with van der Waals surface area (Å²) >= 11 is 3.02. The summed E-state index contributed by atoms with van der Waals surface area (Å²) < 4.78 is 0. The molecule has 0 fully saturated rings. The van der Waals surface area contributed by atoms with E-state index in [1.54, 1.807) is 12.1 Å². The Kier molecular flexibility index (Phi) is 5.03. The van der Waals surface area contributed by atoms with E-state index in [9.17, 15) is 9.59 Å². The second kappa shape index (κ2) is 7.98. The van der Waals surface area contributed by atoms with Gasteiger partial charge in [0.1, 0.15) is 0 Å². The van der Waals surface area contributed by atoms with Crippen LogP contribution in [0.25, 0.3) is 0 Å². The molecule has 0 spiro atoms. The molecule has 0 N–H and O–H groups in total. The molecule has 1 aliphatic carbocycles. The molecule has 0 aliphatic heterocycles. The van der Waals surface area contributed by atoms with Gasteiger partial charge in [0.15, 0.2) is 11.6 Å². The van der Waals surface area contributed by atoms with Crippen molar-refractivity contribution in [1.29, 1.82) is 0 Å². The first-order chi connectivity index (χ1) is 14.7. The van der Waals surface area contributed by atoms with Crippen LogP contribution < -0.4 is 0 Å². The van der Waals surface area contributed by atoms with Crippen LogP contribution in [0.5, 0.6) is 0 Å². The van der Waals surface area contributed by atoms with Crippen molar-refractivity contribution in [3.63, 3.8) is 0 Å². The zero-order valence-corrected chi connectivity index (χ0v) is 17.5. The van der Waals surface area contributed by atoms with E-state index in [0.29, 0.717) is 22.3 Å². The molecule has 0 amide bonds. The Bertz CT molecular complexity index is 1160. The average molecular weight is 425 g/mol. The topological polar surface area (TPSA) is 34.1 Å². The quantitative estimate of drug-likeness (QED) is 0.319. The van der Waals surface area contributed by atoms with E-state index in [1.165, 1.54) is 23.5 Å². The minimum absolute atomic E-state index is 0.0888. The zero-order valence-electron chi connectivity index (χ0n) is 15.9. The molecule has 4 aromatic rings. The molecule has 144 valence electrons. The summed E-state index contributed by atoms with van der Waals surface area (Å²) in [5.74, 6) is -0.178. The minimum Gasteiger partial charge on any atom is -0.289 e. The molecular weight excluding hydrogens is 408 g/mol. The van der Waals surface area contributed by atoms with Gasteiger partial charge in [-0.1, -0.05) is 84.2 Å². The molecular formula is C26H16O2S2. The number of hydrogen-bond donors (Lipinski definition) is 0. The van der Waals surface area contributed by atoms with Crippen LogP contribution in [0.2, 0.25) is 0 Å². The highest BCUT2D eigenvalue weighted by Crippen LogP contribution is 2.40. The maximum absolute atomic E-state index is 13.5. The molecule has 4 aromatic carbocycles. The van der Waals surface area contributed by atoms with Gasteiger partial charge in [0.2, 0.25) is 0 Å². The Balaban J connectivity index is 1.60. The van der Waals surface area contributed by atoms with E-state index in [2.05, 4.69) is 0 Å². The van der Waals surface area contributed by atoms with Gasteiger partial charge in [-0.3, -0.25) is 9.59 Å². The van der Waals surface area contributed by atoms with Crippen LogP contribution in [-0.2, 0) is 0 Å². The lowest BCUT2D eigenvalue weighted by Gasteiger charge is -2.22. The second-order valence-electron chi connectivity index (χ2n) is 6.85. The predicted octanol–water partition coefficient (Wildman–Crippen LogP) is 6.76. The summed E-state index contributed by atoms with van der Waals surface area (Å²) in [6, 6.07) is 30.8. The van der Waals surface area contributed by atoms with Crippen LogP contribution in [0, 0.1) is 0 Å². The highest BCUT2D eigenvalue weighted by atomic mass is 32.2. The number of benzene rings is 4. The van der Waals surface area contributed by atoms with E-state index in [0.717, 1.165) is 19.6 Å². The van der Waals surface area contributed by atoms with Gasteiger partial charge >= 0.3 is 0 Å². The van der Waals surface area contributed by atoms with Gasteiger partial charge in [0.05, 0.1) is 0 Å². The Hall–Kier alpha value is -3.08. The lowest BCUT2D eigenvalue weighted by atomic mass is 9.84. The van der Waals surface area contributed by atoms with E-state index < -0.39 is 0 Å². The summed E-state index contributed by atoms with van der Waals surface area (Å²) in [4.78, 5) is 30.7. The monoisotopic (exact) mass is 424 g/mol. The Labute approximate surface area is 183 Å². The number of fused-ring (bicyclic) bond motifs is 2. The van der Waals surface area contributed by atoms with Crippen LogP contribution in [0.3, 0.4) is 0 Å². The zero-order chi connectivity index (χ0) is 20.5. The summed E-state index contributed by atoms with van der Waals surface area (Å²) in [5.41, 5.74) is 1.97. The van der Waals surface area contributed by atoms with Crippen LogP contribution in [0.1, 0.15) is 31.8 Å². The highest BCUT2D eigenvalue weighted by molar-refractivity contribution is 7.99. The standard InChI is InChI=1S/C26H16O2S2/c27-25-20-14-8-16-22(30-18-11-5-2-6-12-18)24(20)26(28)19-13-7-15-21(23(19)25)29-17-9-3-1-4-10-17/h1-16H. The van der Waals surface area contributed by atoms with Gasteiger partial charge in [0.25, 0.3) is 0 Å². The Morgan fingerprint density at radius 2 is 0.833 bits per heavy atom. The summed E-state index contributed by atoms with van der Waals surface area (Å²) in [5, 5.41) is 0. The fraction of sp³-hybridized carbons (Fsp3) is 0. The van der Waals surface area contributed by atoms with Gasteiger partial charge in [-0.25, -0.2) is 0 Å². The van der Waals surface area contributed by atoms with E-state index in [4.69, 9.17) is 0 Å². The number of rotatable bonds is 4. The molecule has 0 aromatic heterocycles. The first-order valence-electron chi connectivity index (χ1n) is 9.53. The normalized spacial score (nSPS) is 12.4. The molecule has 0 unspecified atom stereocenters. The maximum Gasteiger partial charge on any atom is 0.195 e. The van der Waals surface area contributed by atoms with Crippen molar-refractivity contribution in [2.75, 3.05) is 0 Å². The molecule has 5 rings (SSSR count). The molecule has 1 aliphatic rings. The maximum atomic E-state index is 13.5. The Morgan fingerprint density at radius 3 is 1.23 bits per heavy atom. The van der Waals surface area contributed by atoms with Crippen molar-refractivity contribution in [2.24, 2.45) is 0 Å². The molecule has 0 radical (unpaired) electrons. The van der Waals surface area contributed by atoms with Crippen molar-refractivity contribution in [1.82, 2.24) is 0 Å². The third-order valence-corrected chi connectivity index (χ3v) is 7.07. The van der Waals surface area contributed by atoms with Gasteiger partial charge < -0.3 is 0 Å². The molecule has 0 heterocycles. The molecule has 0 saturated heterocycles. The summed E-state index contributed by atoms with van der Waals surface area (Å²) in [6.07, 6.45) is 0. The number of carbonyl (C=O) groups excluding carboxylic acids is 2. The van der Waals surface area contributed by atoms with Gasteiger partial charge in [-0.15, -0.1) is 0 Å². The summed E-state index contributed by atoms with van der Waals surface area (Å²) in [6.45, 7) is 0. The largest absolute Gasteiger partial charge is 0.289 e. The molecule has 0 bridgehead atoms. The lowest BCUT2D eigenvalue weighted by molar-refractivity contribution is 0.0974. The van der Waals surface area contributed by atoms with Gasteiger partial charge in [0, 0.05) is 41.8 Å². The second-order valence-corrected chi connectivity index (χ2v) is 9.08. The summed E-state index contributed by atoms with van der Waals surface area (Å²) in [7, 11) is 0. The van der Waals surface area contributed by atoms with Gasteiger partial charge in [-0.2, -0.15) is 0 Å². The Morgan fingerprint density at radius 1 is 0.433 bits per heavy atom. The van der Waals surface area contributed by atoms with E-state index in [-0.39, 0.29) is 11.6 Å². The molecule has 30 heavy (non-hydrogen) atoms. The first-order valence-corrected chi connectivity index (χ1v) is 11.2. The molecule has 2 nitrogen and oxygen atoms in total. The molecule has 4 heteroatoms. The highest BCUT2D eigenvalue weighted by Gasteiger charge is 2.33. The first kappa shape index (κ1) is 18.9. The number of ketones is 2. The third-order valence-electron chi connectivity index (χ3n) is 4.94. The van der Waals surface area contributed by atoms with Crippen molar-refractivity contribution in [3.8, 4) is 0 Å². The van der Waals surface area contributed by atoms with E-state index >= 15 is 0 Å². The van der Waals surface area contributed by atoms with Crippen LogP contribution in [0.15, 0.2) is 117 Å². The van der Waals surface area contributed by atoms with Crippen LogP contribution in [-0.4, -0.2) is 11.6 Å². The SMILES string of the molecule is O=C1c2cccc(Sc3ccccc3)c2C(=O)c2cccc(Sc3ccccc3)c21. The minimum atomic E-state index is -0.0888. The van der Waals surface area contributed by atoms with Crippen molar-refractivity contribution >= 4 is 35.1 Å². The van der Waals surface area contributed by atoms with Crippen LogP contribution in [0.4, 0.5) is 0 Å². The third kappa shape index (κ3) is 3.38. The lowest BCUT2D eigenvalue weighted by Crippen LogP contribution is -2.22. The van der Waals surface area contributed by atoms with Gasteiger partial charge in [-0.05, 0) is 36.4 Å². The predicted molar refractivity (Wildman–Crippen MR) is 121 cm³/mol. The fourth-order valence-corrected chi connectivity index (χ4v) is 5.58. The average Bonchev–Trinajstić information content (AvgIpc) is 2.79. The fourth-order valence-electron chi connectivity index (χ4n) is 3.58. The van der Waals surface area contributed by atoms with Crippen molar-refractivity contribution in [3.05, 3.63) is 119 Å². The number of hydrogen-bond acceptors (Lipinski definition) is 4. The smallest absolute Gasteiger partial charge is 0.195 e. The van der Waals surface area contributed by atoms with Crippen molar-refractivity contribution in [2.45, 2.75) is 19.6 Å². The molecule has 0 atom stereocenters. The number of carbonyl (C=O) groups is 2. The van der Waals surface area contributed by atoms with Crippen LogP contribution >= 0.6 is 23.5 Å². The van der Waals surface area contributed by atoms with E-state index in [1.807, 2.05) is 84.9 Å².